The van der Waals surface area contributed by atoms with E-state index < -0.39 is 0 Å². The molecule has 104 valence electrons. The van der Waals surface area contributed by atoms with E-state index in [2.05, 4.69) is 17.4 Å². The Morgan fingerprint density at radius 2 is 1.75 bits per heavy atom. The lowest BCUT2D eigenvalue weighted by atomic mass is 10.2. The first-order chi connectivity index (χ1) is 9.75. The Kier molecular flexibility index (Phi) is 5.58. The van der Waals surface area contributed by atoms with Crippen molar-refractivity contribution < 1.29 is 4.92 Å². The highest BCUT2D eigenvalue weighted by Crippen LogP contribution is 2.16. The molecule has 0 saturated carbocycles. The molecule has 2 aromatic carbocycles. The van der Waals surface area contributed by atoms with Gasteiger partial charge in [-0.05, 0) is 17.7 Å². The van der Waals surface area contributed by atoms with Crippen LogP contribution in [0.4, 0.5) is 5.69 Å². The molecule has 2 aromatic rings. The van der Waals surface area contributed by atoms with Crippen LogP contribution in [0.2, 0.25) is 0 Å². The Morgan fingerprint density at radius 3 is 2.40 bits per heavy atom. The predicted molar refractivity (Wildman–Crippen MR) is 82.0 cm³/mol. The number of benzene rings is 2. The van der Waals surface area contributed by atoms with Gasteiger partial charge in [-0.1, -0.05) is 30.3 Å². The second-order valence-electron chi connectivity index (χ2n) is 4.26. The summed E-state index contributed by atoms with van der Waals surface area (Å²) in [6.45, 7) is 1.63. The SMILES string of the molecule is O=[N+]([O-])c1ccc(CNCCSc2ccccc2)cc1. The Bertz CT molecular complexity index is 544. The van der Waals surface area contributed by atoms with Crippen molar-refractivity contribution >= 4 is 17.4 Å². The molecule has 0 aliphatic rings. The fourth-order valence-corrected chi connectivity index (χ4v) is 2.56. The van der Waals surface area contributed by atoms with Crippen molar-refractivity contribution in [1.29, 1.82) is 0 Å². The van der Waals surface area contributed by atoms with Gasteiger partial charge in [0.15, 0.2) is 0 Å². The van der Waals surface area contributed by atoms with Crippen molar-refractivity contribution in [2.45, 2.75) is 11.4 Å². The minimum Gasteiger partial charge on any atom is -0.312 e. The monoisotopic (exact) mass is 288 g/mol. The average Bonchev–Trinajstić information content (AvgIpc) is 2.48. The van der Waals surface area contributed by atoms with Crippen LogP contribution >= 0.6 is 11.8 Å². The molecule has 0 aromatic heterocycles. The molecule has 0 aliphatic carbocycles. The topological polar surface area (TPSA) is 55.2 Å². The molecule has 4 nitrogen and oxygen atoms in total. The van der Waals surface area contributed by atoms with Gasteiger partial charge in [0.25, 0.3) is 5.69 Å². The quantitative estimate of drug-likeness (QED) is 0.367. The Hall–Kier alpha value is -1.85. The molecule has 0 spiro atoms. The van der Waals surface area contributed by atoms with E-state index in [0.717, 1.165) is 24.4 Å². The second kappa shape index (κ2) is 7.67. The zero-order valence-electron chi connectivity index (χ0n) is 11.0. The minimum absolute atomic E-state index is 0.133. The highest BCUT2D eigenvalue weighted by molar-refractivity contribution is 7.99. The lowest BCUT2D eigenvalue weighted by molar-refractivity contribution is -0.384. The summed E-state index contributed by atoms with van der Waals surface area (Å²) in [6.07, 6.45) is 0. The Labute approximate surface area is 122 Å². The molecular formula is C15H16N2O2S. The third-order valence-corrected chi connectivity index (χ3v) is 3.78. The molecule has 0 bridgehead atoms. The number of nitrogens with zero attached hydrogens (tertiary/aromatic N) is 1. The molecule has 1 N–H and O–H groups in total. The highest BCUT2D eigenvalue weighted by atomic mass is 32.2. The molecule has 0 fully saturated rings. The normalized spacial score (nSPS) is 10.4. The van der Waals surface area contributed by atoms with Crippen LogP contribution < -0.4 is 5.32 Å². The number of non-ortho nitro benzene ring substituents is 1. The first kappa shape index (κ1) is 14.6. The number of rotatable bonds is 7. The van der Waals surface area contributed by atoms with Gasteiger partial charge in [-0.15, -0.1) is 11.8 Å². The van der Waals surface area contributed by atoms with Gasteiger partial charge in [0.1, 0.15) is 0 Å². The number of nitro benzene ring substituents is 1. The van der Waals surface area contributed by atoms with E-state index in [-0.39, 0.29) is 10.6 Å². The molecule has 0 atom stereocenters. The standard InChI is InChI=1S/C15H16N2O2S/c18-17(19)14-8-6-13(7-9-14)12-16-10-11-20-15-4-2-1-3-5-15/h1-9,16H,10-12H2. The molecule has 20 heavy (non-hydrogen) atoms. The molecule has 0 amide bonds. The first-order valence-corrected chi connectivity index (χ1v) is 7.36. The van der Waals surface area contributed by atoms with Crippen molar-refractivity contribution in [2.75, 3.05) is 12.3 Å². The van der Waals surface area contributed by atoms with Crippen LogP contribution in [0.15, 0.2) is 59.5 Å². The van der Waals surface area contributed by atoms with Crippen molar-refractivity contribution in [2.24, 2.45) is 0 Å². The fourth-order valence-electron chi connectivity index (χ4n) is 1.73. The van der Waals surface area contributed by atoms with E-state index in [1.54, 1.807) is 12.1 Å². The van der Waals surface area contributed by atoms with E-state index in [9.17, 15) is 10.1 Å². The molecule has 0 heterocycles. The molecule has 0 unspecified atom stereocenters. The van der Waals surface area contributed by atoms with E-state index in [0.29, 0.717) is 0 Å². The third kappa shape index (κ3) is 4.68. The molecule has 0 aliphatic heterocycles. The summed E-state index contributed by atoms with van der Waals surface area (Å²) in [5.74, 6) is 0.997. The summed E-state index contributed by atoms with van der Waals surface area (Å²) in [7, 11) is 0. The van der Waals surface area contributed by atoms with Crippen LogP contribution in [0.3, 0.4) is 0 Å². The maximum atomic E-state index is 10.5. The first-order valence-electron chi connectivity index (χ1n) is 6.37. The summed E-state index contributed by atoms with van der Waals surface area (Å²) in [6, 6.07) is 16.9. The van der Waals surface area contributed by atoms with E-state index in [4.69, 9.17) is 0 Å². The lowest BCUT2D eigenvalue weighted by Crippen LogP contribution is -2.16. The van der Waals surface area contributed by atoms with Gasteiger partial charge in [0.2, 0.25) is 0 Å². The van der Waals surface area contributed by atoms with Crippen molar-refractivity contribution in [3.63, 3.8) is 0 Å². The van der Waals surface area contributed by atoms with Gasteiger partial charge in [0, 0.05) is 35.9 Å². The molecule has 0 saturated heterocycles. The van der Waals surface area contributed by atoms with Crippen molar-refractivity contribution in [1.82, 2.24) is 5.32 Å². The van der Waals surface area contributed by atoms with Gasteiger partial charge in [0.05, 0.1) is 4.92 Å². The lowest BCUT2D eigenvalue weighted by Gasteiger charge is -2.05. The van der Waals surface area contributed by atoms with E-state index in [1.807, 2.05) is 30.0 Å². The summed E-state index contributed by atoms with van der Waals surface area (Å²) in [5.41, 5.74) is 1.19. The van der Waals surface area contributed by atoms with Gasteiger partial charge in [-0.2, -0.15) is 0 Å². The zero-order valence-corrected chi connectivity index (χ0v) is 11.8. The summed E-state index contributed by atoms with van der Waals surface area (Å²) >= 11 is 1.81. The summed E-state index contributed by atoms with van der Waals surface area (Å²) < 4.78 is 0. The zero-order chi connectivity index (χ0) is 14.2. The van der Waals surface area contributed by atoms with Crippen molar-refractivity contribution in [3.05, 3.63) is 70.3 Å². The van der Waals surface area contributed by atoms with Crippen LogP contribution in [-0.2, 0) is 6.54 Å². The fraction of sp³-hybridized carbons (Fsp3) is 0.200. The van der Waals surface area contributed by atoms with Crippen LogP contribution in [0.5, 0.6) is 0 Å². The maximum absolute atomic E-state index is 10.5. The van der Waals surface area contributed by atoms with Crippen LogP contribution in [0, 0.1) is 10.1 Å². The molecule has 0 radical (unpaired) electrons. The molecule has 2 rings (SSSR count). The van der Waals surface area contributed by atoms with Gasteiger partial charge in [-0.25, -0.2) is 0 Å². The maximum Gasteiger partial charge on any atom is 0.269 e. The number of nitrogens with one attached hydrogen (secondary N) is 1. The number of nitro groups is 1. The molecular weight excluding hydrogens is 272 g/mol. The molecule has 5 heteroatoms. The Morgan fingerprint density at radius 1 is 1.05 bits per heavy atom. The largest absolute Gasteiger partial charge is 0.312 e. The van der Waals surface area contributed by atoms with Gasteiger partial charge in [-0.3, -0.25) is 10.1 Å². The second-order valence-corrected chi connectivity index (χ2v) is 5.43. The predicted octanol–water partition coefficient (Wildman–Crippen LogP) is 3.48. The van der Waals surface area contributed by atoms with Gasteiger partial charge >= 0.3 is 0 Å². The smallest absolute Gasteiger partial charge is 0.269 e. The average molecular weight is 288 g/mol. The number of hydrogen-bond acceptors (Lipinski definition) is 4. The van der Waals surface area contributed by atoms with Crippen LogP contribution in [0.25, 0.3) is 0 Å². The van der Waals surface area contributed by atoms with E-state index in [1.165, 1.54) is 17.0 Å². The van der Waals surface area contributed by atoms with E-state index >= 15 is 0 Å². The number of thioether (sulfide) groups is 1. The highest BCUT2D eigenvalue weighted by Gasteiger charge is 2.03. The summed E-state index contributed by atoms with van der Waals surface area (Å²) in [4.78, 5) is 11.4. The number of hydrogen-bond donors (Lipinski definition) is 1. The minimum atomic E-state index is -0.381. The third-order valence-electron chi connectivity index (χ3n) is 2.77. The van der Waals surface area contributed by atoms with Gasteiger partial charge < -0.3 is 5.32 Å². The Balaban J connectivity index is 1.67. The summed E-state index contributed by atoms with van der Waals surface area (Å²) in [5, 5.41) is 13.9. The van der Waals surface area contributed by atoms with Crippen LogP contribution in [-0.4, -0.2) is 17.2 Å². The van der Waals surface area contributed by atoms with Crippen molar-refractivity contribution in [3.8, 4) is 0 Å². The van der Waals surface area contributed by atoms with Crippen LogP contribution in [0.1, 0.15) is 5.56 Å².